The summed E-state index contributed by atoms with van der Waals surface area (Å²) in [4.78, 5) is 12.3. The minimum absolute atomic E-state index is 0.00469. The van der Waals surface area contributed by atoms with E-state index in [0.29, 0.717) is 24.9 Å². The molecule has 0 unspecified atom stereocenters. The number of hydrogen-bond acceptors (Lipinski definition) is 5. The zero-order valence-corrected chi connectivity index (χ0v) is 8.93. The third-order valence-electron chi connectivity index (χ3n) is 1.83. The fraction of sp³-hybridized carbons (Fsp3) is 0.667. The van der Waals surface area contributed by atoms with E-state index >= 15 is 0 Å². The smallest absolute Gasteiger partial charge is 0.317 e. The molecule has 0 fully saturated rings. The Balaban J connectivity index is 2.53. The number of aromatic nitrogens is 2. The third-order valence-corrected chi connectivity index (χ3v) is 1.83. The van der Waals surface area contributed by atoms with Gasteiger partial charge in [-0.05, 0) is 13.0 Å². The van der Waals surface area contributed by atoms with Crippen LogP contribution in [0.4, 0.5) is 0 Å². The lowest BCUT2D eigenvalue weighted by Crippen LogP contribution is -2.30. The summed E-state index contributed by atoms with van der Waals surface area (Å²) in [6.07, 6.45) is 0.889. The molecule has 0 aliphatic heterocycles. The summed E-state index contributed by atoms with van der Waals surface area (Å²) >= 11 is 0. The van der Waals surface area contributed by atoms with Gasteiger partial charge in [-0.25, -0.2) is 0 Å². The zero-order valence-electron chi connectivity index (χ0n) is 8.93. The van der Waals surface area contributed by atoms with Gasteiger partial charge in [0.1, 0.15) is 0 Å². The Morgan fingerprint density at radius 3 is 2.73 bits per heavy atom. The van der Waals surface area contributed by atoms with Crippen LogP contribution in [0.15, 0.2) is 4.42 Å². The van der Waals surface area contributed by atoms with Crippen molar-refractivity contribution in [3.8, 4) is 0 Å². The number of carbonyl (C=O) groups is 1. The molecule has 0 aliphatic carbocycles. The Hall–Kier alpha value is -1.43. The van der Waals surface area contributed by atoms with Gasteiger partial charge >= 0.3 is 5.97 Å². The van der Waals surface area contributed by atoms with E-state index in [9.17, 15) is 4.79 Å². The predicted octanol–water partition coefficient (Wildman–Crippen LogP) is 0.675. The summed E-state index contributed by atoms with van der Waals surface area (Å²) in [5.41, 5.74) is 0. The van der Waals surface area contributed by atoms with E-state index in [1.54, 1.807) is 11.8 Å². The lowest BCUT2D eigenvalue weighted by Gasteiger charge is -2.16. The molecule has 0 saturated carbocycles. The van der Waals surface area contributed by atoms with E-state index in [0.717, 1.165) is 6.42 Å². The molecule has 0 radical (unpaired) electrons. The molecule has 1 N–H and O–H groups in total. The summed E-state index contributed by atoms with van der Waals surface area (Å²) in [6, 6.07) is 0. The number of aliphatic carboxylic acids is 1. The highest BCUT2D eigenvalue weighted by molar-refractivity contribution is 5.69. The van der Waals surface area contributed by atoms with E-state index in [4.69, 9.17) is 9.52 Å². The Kier molecular flexibility index (Phi) is 4.23. The van der Waals surface area contributed by atoms with Gasteiger partial charge in [-0.3, -0.25) is 9.69 Å². The van der Waals surface area contributed by atoms with Crippen molar-refractivity contribution >= 4 is 5.97 Å². The molecule has 15 heavy (non-hydrogen) atoms. The van der Waals surface area contributed by atoms with Crippen LogP contribution in [0, 0.1) is 6.92 Å². The minimum Gasteiger partial charge on any atom is -0.480 e. The van der Waals surface area contributed by atoms with Crippen molar-refractivity contribution in [1.29, 1.82) is 0 Å². The van der Waals surface area contributed by atoms with Crippen molar-refractivity contribution < 1.29 is 14.3 Å². The molecule has 84 valence electrons. The Labute approximate surface area is 87.9 Å². The van der Waals surface area contributed by atoms with E-state index in [1.165, 1.54) is 0 Å². The van der Waals surface area contributed by atoms with E-state index in [2.05, 4.69) is 10.2 Å². The average molecular weight is 213 g/mol. The molecule has 0 saturated heterocycles. The first-order valence-corrected chi connectivity index (χ1v) is 4.85. The second-order valence-electron chi connectivity index (χ2n) is 3.32. The molecular weight excluding hydrogens is 198 g/mol. The van der Waals surface area contributed by atoms with Crippen LogP contribution in [0.25, 0.3) is 0 Å². The van der Waals surface area contributed by atoms with Crippen LogP contribution >= 0.6 is 0 Å². The first kappa shape index (κ1) is 11.6. The lowest BCUT2D eigenvalue weighted by atomic mass is 10.4. The zero-order chi connectivity index (χ0) is 11.3. The molecule has 1 rings (SSSR count). The minimum atomic E-state index is -0.848. The van der Waals surface area contributed by atoms with Gasteiger partial charge in [0.05, 0.1) is 13.1 Å². The topological polar surface area (TPSA) is 79.5 Å². The molecule has 0 aromatic carbocycles. The average Bonchev–Trinajstić information content (AvgIpc) is 2.50. The molecule has 1 aromatic heterocycles. The van der Waals surface area contributed by atoms with Gasteiger partial charge in [0, 0.05) is 6.92 Å². The third kappa shape index (κ3) is 4.07. The molecule has 0 atom stereocenters. The van der Waals surface area contributed by atoms with Crippen LogP contribution in [0.2, 0.25) is 0 Å². The standard InChI is InChI=1S/C9H15N3O3/c1-3-4-12(6-9(13)14)5-8-11-10-7(2)15-8/h3-6H2,1-2H3,(H,13,14). The van der Waals surface area contributed by atoms with Gasteiger partial charge < -0.3 is 9.52 Å². The second-order valence-corrected chi connectivity index (χ2v) is 3.32. The molecule has 6 heteroatoms. The van der Waals surface area contributed by atoms with Crippen molar-refractivity contribution in [2.24, 2.45) is 0 Å². The van der Waals surface area contributed by atoms with Gasteiger partial charge in [-0.1, -0.05) is 6.92 Å². The predicted molar refractivity (Wildman–Crippen MR) is 52.2 cm³/mol. The molecule has 0 spiro atoms. The van der Waals surface area contributed by atoms with Crippen molar-refractivity contribution in [3.05, 3.63) is 11.8 Å². The molecule has 0 amide bonds. The van der Waals surface area contributed by atoms with Gasteiger partial charge in [-0.2, -0.15) is 0 Å². The highest BCUT2D eigenvalue weighted by Crippen LogP contribution is 2.03. The first-order chi connectivity index (χ1) is 7.11. The quantitative estimate of drug-likeness (QED) is 0.748. The molecule has 0 bridgehead atoms. The summed E-state index contributed by atoms with van der Waals surface area (Å²) < 4.78 is 5.19. The van der Waals surface area contributed by atoms with Gasteiger partial charge in [0.15, 0.2) is 0 Å². The summed E-state index contributed by atoms with van der Waals surface area (Å²) in [5, 5.41) is 16.2. The fourth-order valence-electron chi connectivity index (χ4n) is 1.31. The number of carboxylic acids is 1. The van der Waals surface area contributed by atoms with Crippen LogP contribution in [0.1, 0.15) is 25.1 Å². The van der Waals surface area contributed by atoms with Crippen molar-refractivity contribution in [2.75, 3.05) is 13.1 Å². The van der Waals surface area contributed by atoms with Gasteiger partial charge in [0.2, 0.25) is 11.8 Å². The van der Waals surface area contributed by atoms with E-state index in [-0.39, 0.29) is 6.54 Å². The van der Waals surface area contributed by atoms with Gasteiger partial charge in [0.25, 0.3) is 0 Å². The largest absolute Gasteiger partial charge is 0.480 e. The summed E-state index contributed by atoms with van der Waals surface area (Å²) in [6.45, 7) is 4.79. The number of rotatable bonds is 6. The van der Waals surface area contributed by atoms with Crippen LogP contribution in [0.5, 0.6) is 0 Å². The van der Waals surface area contributed by atoms with E-state index < -0.39 is 5.97 Å². The summed E-state index contributed by atoms with van der Waals surface area (Å²) in [5.74, 6) is 0.110. The highest BCUT2D eigenvalue weighted by Gasteiger charge is 2.12. The molecule has 1 aromatic rings. The number of nitrogens with zero attached hydrogens (tertiary/aromatic N) is 3. The first-order valence-electron chi connectivity index (χ1n) is 4.85. The fourth-order valence-corrected chi connectivity index (χ4v) is 1.31. The normalized spacial score (nSPS) is 10.9. The van der Waals surface area contributed by atoms with Crippen molar-refractivity contribution in [1.82, 2.24) is 15.1 Å². The van der Waals surface area contributed by atoms with Crippen LogP contribution in [-0.4, -0.2) is 39.3 Å². The van der Waals surface area contributed by atoms with Crippen molar-refractivity contribution in [2.45, 2.75) is 26.8 Å². The molecule has 1 heterocycles. The number of hydrogen-bond donors (Lipinski definition) is 1. The van der Waals surface area contributed by atoms with E-state index in [1.807, 2.05) is 6.92 Å². The van der Waals surface area contributed by atoms with Crippen LogP contribution in [0.3, 0.4) is 0 Å². The van der Waals surface area contributed by atoms with Gasteiger partial charge in [-0.15, -0.1) is 10.2 Å². The Morgan fingerprint density at radius 1 is 1.53 bits per heavy atom. The Morgan fingerprint density at radius 2 is 2.27 bits per heavy atom. The monoisotopic (exact) mass is 213 g/mol. The van der Waals surface area contributed by atoms with Crippen LogP contribution in [-0.2, 0) is 11.3 Å². The number of aryl methyl sites for hydroxylation is 1. The SMILES string of the molecule is CCCN(CC(=O)O)Cc1nnc(C)o1. The second kappa shape index (κ2) is 5.45. The van der Waals surface area contributed by atoms with Crippen LogP contribution < -0.4 is 0 Å². The molecule has 0 aliphatic rings. The highest BCUT2D eigenvalue weighted by atomic mass is 16.4. The lowest BCUT2D eigenvalue weighted by molar-refractivity contribution is -0.138. The number of carboxylic acid groups (broad SMARTS) is 1. The molecular formula is C9H15N3O3. The molecule has 6 nitrogen and oxygen atoms in total. The Bertz CT molecular complexity index is 324. The maximum atomic E-state index is 10.6. The maximum Gasteiger partial charge on any atom is 0.317 e. The van der Waals surface area contributed by atoms with Crippen molar-refractivity contribution in [3.63, 3.8) is 0 Å². The summed E-state index contributed by atoms with van der Waals surface area (Å²) in [7, 11) is 0. The maximum absolute atomic E-state index is 10.6.